The van der Waals surface area contributed by atoms with Crippen molar-refractivity contribution in [2.24, 2.45) is 0 Å². The summed E-state index contributed by atoms with van der Waals surface area (Å²) < 4.78 is 6.14. The summed E-state index contributed by atoms with van der Waals surface area (Å²) in [5.74, 6) is 3.07. The first-order valence-corrected chi connectivity index (χ1v) is 18.2. The molecule has 2 heterocycles. The third-order valence-electron chi connectivity index (χ3n) is 10.1. The van der Waals surface area contributed by atoms with E-state index in [2.05, 4.69) is 146 Å². The van der Waals surface area contributed by atoms with Crippen LogP contribution in [0.1, 0.15) is 28.4 Å². The van der Waals surface area contributed by atoms with Crippen molar-refractivity contribution in [2.45, 2.75) is 18.8 Å². The van der Waals surface area contributed by atoms with Gasteiger partial charge in [-0.25, -0.2) is 15.0 Å². The van der Waals surface area contributed by atoms with Gasteiger partial charge in [0.25, 0.3) is 0 Å². The number of benzene rings is 6. The van der Waals surface area contributed by atoms with Crippen LogP contribution in [-0.4, -0.2) is 21.6 Å². The Hall–Kier alpha value is -6.65. The number of hydrogen-bond acceptors (Lipinski definition) is 4. The van der Waals surface area contributed by atoms with Crippen molar-refractivity contribution in [2.75, 3.05) is 6.61 Å². The molecule has 53 heavy (non-hydrogen) atoms. The van der Waals surface area contributed by atoms with Gasteiger partial charge in [-0.1, -0.05) is 170 Å². The molecule has 1 aliphatic heterocycles. The lowest BCUT2D eigenvalue weighted by molar-refractivity contribution is 0.360. The lowest BCUT2D eigenvalue weighted by Crippen LogP contribution is -2.12. The molecule has 2 aliphatic rings. The number of aromatic nitrogens is 3. The fourth-order valence-electron chi connectivity index (χ4n) is 7.23. The van der Waals surface area contributed by atoms with E-state index in [1.54, 1.807) is 0 Å². The van der Waals surface area contributed by atoms with E-state index in [0.717, 1.165) is 41.1 Å². The molecule has 0 N–H and O–H groups in total. The molecule has 1 aromatic heterocycles. The first-order chi connectivity index (χ1) is 26.2. The third-order valence-corrected chi connectivity index (χ3v) is 10.1. The van der Waals surface area contributed by atoms with E-state index < -0.39 is 0 Å². The largest absolute Gasteiger partial charge is 0.489 e. The summed E-state index contributed by atoms with van der Waals surface area (Å²) in [6.07, 6.45) is 14.5. The number of fused-ring (bicyclic) bond motifs is 2. The Morgan fingerprint density at radius 1 is 0.509 bits per heavy atom. The number of allylic oxidation sites excluding steroid dienone is 4. The summed E-state index contributed by atoms with van der Waals surface area (Å²) in [5, 5.41) is 0. The Balaban J connectivity index is 1.03. The highest BCUT2D eigenvalue weighted by atomic mass is 16.5. The smallest absolute Gasteiger partial charge is 0.163 e. The number of nitrogens with zero attached hydrogens (tertiary/aromatic N) is 3. The molecule has 0 saturated heterocycles. The van der Waals surface area contributed by atoms with Crippen molar-refractivity contribution in [3.63, 3.8) is 0 Å². The van der Waals surface area contributed by atoms with Crippen molar-refractivity contribution < 1.29 is 4.74 Å². The van der Waals surface area contributed by atoms with Crippen LogP contribution >= 0.6 is 0 Å². The first-order valence-electron chi connectivity index (χ1n) is 18.2. The normalized spacial score (nSPS) is 15.9. The zero-order valence-electron chi connectivity index (χ0n) is 29.3. The molecule has 0 amide bonds. The van der Waals surface area contributed by atoms with E-state index in [-0.39, 0.29) is 5.92 Å². The minimum absolute atomic E-state index is 0.00150. The number of ether oxygens (including phenoxy) is 1. The Labute approximate surface area is 310 Å². The van der Waals surface area contributed by atoms with E-state index in [1.807, 2.05) is 36.4 Å². The highest BCUT2D eigenvalue weighted by Crippen LogP contribution is 2.37. The van der Waals surface area contributed by atoms with Crippen molar-refractivity contribution in [3.8, 4) is 61.9 Å². The van der Waals surface area contributed by atoms with Gasteiger partial charge in [-0.3, -0.25) is 0 Å². The van der Waals surface area contributed by atoms with E-state index in [0.29, 0.717) is 18.3 Å². The summed E-state index contributed by atoms with van der Waals surface area (Å²) in [7, 11) is 0. The maximum atomic E-state index is 6.14. The molecule has 0 spiro atoms. The van der Waals surface area contributed by atoms with Gasteiger partial charge in [0.1, 0.15) is 18.2 Å². The minimum Gasteiger partial charge on any atom is -0.489 e. The lowest BCUT2D eigenvalue weighted by atomic mass is 9.86. The van der Waals surface area contributed by atoms with Gasteiger partial charge < -0.3 is 4.74 Å². The molecule has 4 heteroatoms. The molecule has 0 fully saturated rings. The van der Waals surface area contributed by atoms with Gasteiger partial charge in [-0.15, -0.1) is 0 Å². The Bertz CT molecular complexity index is 2480. The van der Waals surface area contributed by atoms with Gasteiger partial charge in [0, 0.05) is 22.6 Å². The summed E-state index contributed by atoms with van der Waals surface area (Å²) in [6, 6.07) is 51.1. The number of hydrogen-bond donors (Lipinski definition) is 0. The molecule has 9 rings (SSSR count). The molecule has 1 aliphatic carbocycles. The molecule has 6 aromatic carbocycles. The van der Waals surface area contributed by atoms with Gasteiger partial charge in [0.15, 0.2) is 11.6 Å². The second-order valence-electron chi connectivity index (χ2n) is 13.5. The molecular weight excluding hydrogens is 647 g/mol. The maximum absolute atomic E-state index is 6.14. The van der Waals surface area contributed by atoms with E-state index in [1.165, 1.54) is 44.5 Å². The van der Waals surface area contributed by atoms with Crippen LogP contribution in [0.25, 0.3) is 62.2 Å². The molecule has 1 atom stereocenters. The highest BCUT2D eigenvalue weighted by molar-refractivity contribution is 5.75. The van der Waals surface area contributed by atoms with E-state index in [9.17, 15) is 0 Å². The molecule has 1 unspecified atom stereocenters. The first kappa shape index (κ1) is 32.3. The predicted molar refractivity (Wildman–Crippen MR) is 216 cm³/mol. The lowest BCUT2D eigenvalue weighted by Gasteiger charge is -2.21. The molecule has 0 saturated carbocycles. The van der Waals surface area contributed by atoms with Gasteiger partial charge in [0.05, 0.1) is 0 Å². The Kier molecular flexibility index (Phi) is 8.85. The zero-order chi connectivity index (χ0) is 35.4. The van der Waals surface area contributed by atoms with Crippen LogP contribution in [0, 0.1) is 0 Å². The van der Waals surface area contributed by atoms with Gasteiger partial charge in [-0.2, -0.15) is 0 Å². The monoisotopic (exact) mass is 683 g/mol. The predicted octanol–water partition coefficient (Wildman–Crippen LogP) is 11.6. The van der Waals surface area contributed by atoms with Crippen LogP contribution < -0.4 is 4.74 Å². The topological polar surface area (TPSA) is 47.9 Å². The van der Waals surface area contributed by atoms with Crippen LogP contribution in [0.2, 0.25) is 0 Å². The van der Waals surface area contributed by atoms with Crippen LogP contribution in [0.5, 0.6) is 5.75 Å². The molecular formula is C49H37N3O. The molecule has 0 bridgehead atoms. The van der Waals surface area contributed by atoms with Crippen molar-refractivity contribution in [1.29, 1.82) is 0 Å². The average molecular weight is 684 g/mol. The highest BCUT2D eigenvalue weighted by Gasteiger charge is 2.22. The van der Waals surface area contributed by atoms with Crippen molar-refractivity contribution in [1.82, 2.24) is 15.0 Å². The maximum Gasteiger partial charge on any atom is 0.163 e. The molecule has 0 radical (unpaired) electrons. The SMILES string of the molecule is C1=CC(c2nc(-c3ccccc3)nc(-c3ccc(-c4ccc(-c5ccccc5)cc4)cc3)n2)Cc2cc(-c3cccc4c3C/C=C\C=C/CO4)ccc21. The van der Waals surface area contributed by atoms with Crippen LogP contribution in [0.3, 0.4) is 0 Å². The second-order valence-corrected chi connectivity index (χ2v) is 13.5. The number of rotatable bonds is 6. The van der Waals surface area contributed by atoms with Gasteiger partial charge >= 0.3 is 0 Å². The quantitative estimate of drug-likeness (QED) is 0.175. The van der Waals surface area contributed by atoms with Gasteiger partial charge in [0.2, 0.25) is 0 Å². The van der Waals surface area contributed by atoms with Crippen LogP contribution in [0.4, 0.5) is 0 Å². The Morgan fingerprint density at radius 2 is 1.09 bits per heavy atom. The van der Waals surface area contributed by atoms with Crippen LogP contribution in [-0.2, 0) is 12.8 Å². The van der Waals surface area contributed by atoms with Crippen LogP contribution in [0.15, 0.2) is 176 Å². The fraction of sp³-hybridized carbons (Fsp3) is 0.0816. The molecule has 254 valence electrons. The van der Waals surface area contributed by atoms with E-state index in [4.69, 9.17) is 19.7 Å². The minimum atomic E-state index is 0.00150. The Morgan fingerprint density at radius 3 is 1.79 bits per heavy atom. The average Bonchev–Trinajstić information content (AvgIpc) is 3.36. The second kappa shape index (κ2) is 14.5. The summed E-state index contributed by atoms with van der Waals surface area (Å²) in [4.78, 5) is 15.2. The van der Waals surface area contributed by atoms with Gasteiger partial charge in [-0.05, 0) is 69.5 Å². The van der Waals surface area contributed by atoms with Crippen molar-refractivity contribution >= 4 is 6.08 Å². The summed E-state index contributed by atoms with van der Waals surface area (Å²) >= 11 is 0. The molecule has 4 nitrogen and oxygen atoms in total. The zero-order valence-corrected chi connectivity index (χ0v) is 29.3. The van der Waals surface area contributed by atoms with Crippen molar-refractivity contribution in [3.05, 3.63) is 198 Å². The van der Waals surface area contributed by atoms with E-state index >= 15 is 0 Å². The summed E-state index contributed by atoms with van der Waals surface area (Å²) in [5.41, 5.74) is 12.8. The fourth-order valence-corrected chi connectivity index (χ4v) is 7.23. The molecule has 7 aromatic rings. The third kappa shape index (κ3) is 6.87. The standard InChI is InChI=1S/C49H37N3O/c1-2-10-31-53-46-18-11-17-44(45(46)16-9-1)41-29-25-38-26-30-42(33-43(38)32-41)49-51-47(39-14-7-4-8-15-39)50-48(52-49)40-27-23-37(24-28-40)36-21-19-35(20-22-36)34-12-5-3-6-13-34/h1-15,17-30,32,42H,16,31,33H2/b9-1-,10-2-. The summed E-state index contributed by atoms with van der Waals surface area (Å²) in [6.45, 7) is 0.559.